The number of rotatable bonds is 4. The highest BCUT2D eigenvalue weighted by atomic mass is 16.2. The van der Waals surface area contributed by atoms with Crippen molar-refractivity contribution in [1.82, 2.24) is 20.1 Å². The van der Waals surface area contributed by atoms with Crippen molar-refractivity contribution in [2.75, 3.05) is 0 Å². The number of amides is 1. The van der Waals surface area contributed by atoms with E-state index in [1.807, 2.05) is 18.2 Å². The number of carbonyl (C=O) groups excluding carboxylic acids is 1. The summed E-state index contributed by atoms with van der Waals surface area (Å²) in [4.78, 5) is 27.1. The molecule has 0 saturated heterocycles. The molecule has 1 aromatic carbocycles. The fourth-order valence-corrected chi connectivity index (χ4v) is 4.46. The molecule has 4 rings (SSSR count). The lowest BCUT2D eigenvalue weighted by Gasteiger charge is -2.28. The second kappa shape index (κ2) is 5.92. The summed E-state index contributed by atoms with van der Waals surface area (Å²) >= 11 is 0. The van der Waals surface area contributed by atoms with Gasteiger partial charge in [-0.1, -0.05) is 24.6 Å². The highest BCUT2D eigenvalue weighted by Crippen LogP contribution is 2.49. The summed E-state index contributed by atoms with van der Waals surface area (Å²) in [7, 11) is 0. The van der Waals surface area contributed by atoms with E-state index in [9.17, 15) is 9.59 Å². The molecule has 0 aliphatic heterocycles. The zero-order valence-electron chi connectivity index (χ0n) is 13.7. The lowest BCUT2D eigenvalue weighted by atomic mass is 9.84. The number of hydrogen-bond acceptors (Lipinski definition) is 3. The largest absolute Gasteiger partial charge is 0.348 e. The topological polar surface area (TPSA) is 79.8 Å². The van der Waals surface area contributed by atoms with E-state index in [0.29, 0.717) is 11.6 Å². The number of nitrogens with zero attached hydrogens (tertiary/aromatic N) is 2. The Morgan fingerprint density at radius 1 is 1.29 bits per heavy atom. The summed E-state index contributed by atoms with van der Waals surface area (Å²) in [5.74, 6) is 1.90. The standard InChI is InChI=1S/C18H22N4O2/c1-11(15-10-12-7-8-13(15)9-12)19-17(23)16-20-18(24)22(21-16)14-5-3-2-4-6-14/h2-6,11-13,15H,7-10H2,1H3,(H,19,23)(H,20,21,24). The van der Waals surface area contributed by atoms with Crippen molar-refractivity contribution in [3.8, 4) is 5.69 Å². The van der Waals surface area contributed by atoms with Gasteiger partial charge in [-0.05, 0) is 56.1 Å². The normalized spacial score (nSPS) is 26.5. The third-order valence-electron chi connectivity index (χ3n) is 5.63. The molecule has 2 aliphatic carbocycles. The molecule has 24 heavy (non-hydrogen) atoms. The number of nitrogens with one attached hydrogen (secondary N) is 2. The van der Waals surface area contributed by atoms with Gasteiger partial charge in [-0.15, -0.1) is 5.10 Å². The van der Waals surface area contributed by atoms with E-state index in [4.69, 9.17) is 0 Å². The molecule has 0 spiro atoms. The van der Waals surface area contributed by atoms with Gasteiger partial charge < -0.3 is 5.32 Å². The molecule has 1 amide bonds. The molecule has 126 valence electrons. The summed E-state index contributed by atoms with van der Waals surface area (Å²) in [6, 6.07) is 9.19. The van der Waals surface area contributed by atoms with E-state index in [1.54, 1.807) is 12.1 Å². The van der Waals surface area contributed by atoms with Crippen LogP contribution in [-0.2, 0) is 0 Å². The van der Waals surface area contributed by atoms with Crippen molar-refractivity contribution in [3.05, 3.63) is 46.6 Å². The second-order valence-corrected chi connectivity index (χ2v) is 7.13. The van der Waals surface area contributed by atoms with Gasteiger partial charge >= 0.3 is 5.69 Å². The summed E-state index contributed by atoms with van der Waals surface area (Å²) in [5.41, 5.74) is 0.234. The third kappa shape index (κ3) is 2.66. The fourth-order valence-electron chi connectivity index (χ4n) is 4.46. The Hall–Kier alpha value is -2.37. The van der Waals surface area contributed by atoms with Crippen LogP contribution in [0.15, 0.2) is 35.1 Å². The van der Waals surface area contributed by atoms with Gasteiger partial charge in [0.15, 0.2) is 0 Å². The molecule has 6 heteroatoms. The quantitative estimate of drug-likeness (QED) is 0.903. The lowest BCUT2D eigenvalue weighted by Crippen LogP contribution is -2.40. The van der Waals surface area contributed by atoms with Crippen LogP contribution in [0.1, 0.15) is 43.2 Å². The number of hydrogen-bond donors (Lipinski definition) is 2. The number of benzene rings is 1. The van der Waals surface area contributed by atoms with Gasteiger partial charge in [0, 0.05) is 6.04 Å². The van der Waals surface area contributed by atoms with Gasteiger partial charge in [-0.25, -0.2) is 4.79 Å². The van der Waals surface area contributed by atoms with Gasteiger partial charge in [0.1, 0.15) is 0 Å². The highest BCUT2D eigenvalue weighted by molar-refractivity contribution is 5.90. The molecule has 4 unspecified atom stereocenters. The summed E-state index contributed by atoms with van der Waals surface area (Å²) in [6.45, 7) is 2.07. The Kier molecular flexibility index (Phi) is 3.75. The number of H-pyrrole nitrogens is 1. The summed E-state index contributed by atoms with van der Waals surface area (Å²) in [6.07, 6.45) is 5.15. The number of aromatic amines is 1. The van der Waals surface area contributed by atoms with Crippen molar-refractivity contribution in [1.29, 1.82) is 0 Å². The van der Waals surface area contributed by atoms with Crippen LogP contribution in [0.3, 0.4) is 0 Å². The van der Waals surface area contributed by atoms with Crippen LogP contribution in [0.2, 0.25) is 0 Å². The van der Waals surface area contributed by atoms with Crippen LogP contribution < -0.4 is 11.0 Å². The smallest absolute Gasteiger partial charge is 0.347 e. The van der Waals surface area contributed by atoms with Gasteiger partial charge in [0.2, 0.25) is 5.82 Å². The van der Waals surface area contributed by atoms with Gasteiger partial charge in [0.25, 0.3) is 5.91 Å². The molecule has 2 saturated carbocycles. The maximum Gasteiger partial charge on any atom is 0.348 e. The van der Waals surface area contributed by atoms with Gasteiger partial charge in [-0.2, -0.15) is 4.68 Å². The first-order chi connectivity index (χ1) is 11.6. The van der Waals surface area contributed by atoms with E-state index < -0.39 is 5.69 Å². The molecule has 2 aliphatic rings. The SMILES string of the molecule is CC(NC(=O)c1nn(-c2ccccc2)c(=O)[nH]1)C1CC2CCC1C2. The third-order valence-corrected chi connectivity index (χ3v) is 5.63. The zero-order chi connectivity index (χ0) is 16.7. The average Bonchev–Trinajstić information content (AvgIpc) is 3.30. The first-order valence-electron chi connectivity index (χ1n) is 8.67. The van der Waals surface area contributed by atoms with Gasteiger partial charge in [0.05, 0.1) is 5.69 Å². The molecule has 2 fully saturated rings. The number of aromatic nitrogens is 3. The Balaban J connectivity index is 1.48. The second-order valence-electron chi connectivity index (χ2n) is 7.13. The number of fused-ring (bicyclic) bond motifs is 2. The van der Waals surface area contributed by atoms with Crippen LogP contribution >= 0.6 is 0 Å². The van der Waals surface area contributed by atoms with Gasteiger partial charge in [-0.3, -0.25) is 9.78 Å². The minimum absolute atomic E-state index is 0.0684. The molecular formula is C18H22N4O2. The number of para-hydroxylation sites is 1. The van der Waals surface area contributed by atoms with Crippen LogP contribution in [-0.4, -0.2) is 26.7 Å². The predicted octanol–water partition coefficient (Wildman–Crippen LogP) is 2.12. The molecule has 0 radical (unpaired) electrons. The predicted molar refractivity (Wildman–Crippen MR) is 90.1 cm³/mol. The summed E-state index contributed by atoms with van der Waals surface area (Å²) < 4.78 is 1.22. The Morgan fingerprint density at radius 3 is 2.75 bits per heavy atom. The molecule has 2 bridgehead atoms. The Bertz CT molecular complexity index is 795. The minimum Gasteiger partial charge on any atom is -0.347 e. The fraction of sp³-hybridized carbons (Fsp3) is 0.500. The maximum absolute atomic E-state index is 12.5. The van der Waals surface area contributed by atoms with Crippen LogP contribution in [0.25, 0.3) is 5.69 Å². The van der Waals surface area contributed by atoms with Crippen LogP contribution in [0, 0.1) is 17.8 Å². The molecule has 2 aromatic rings. The van der Waals surface area contributed by atoms with E-state index in [0.717, 1.165) is 11.8 Å². The average molecular weight is 326 g/mol. The van der Waals surface area contributed by atoms with Crippen molar-refractivity contribution in [2.45, 2.75) is 38.6 Å². The monoisotopic (exact) mass is 326 g/mol. The molecule has 6 nitrogen and oxygen atoms in total. The Labute approximate surface area is 140 Å². The van der Waals surface area contributed by atoms with Crippen molar-refractivity contribution in [3.63, 3.8) is 0 Å². The van der Waals surface area contributed by atoms with E-state index in [1.165, 1.54) is 30.4 Å². The lowest BCUT2D eigenvalue weighted by molar-refractivity contribution is 0.0904. The molecule has 4 atom stereocenters. The zero-order valence-corrected chi connectivity index (χ0v) is 13.7. The van der Waals surface area contributed by atoms with Crippen molar-refractivity contribution in [2.24, 2.45) is 17.8 Å². The number of carbonyl (C=O) groups is 1. The van der Waals surface area contributed by atoms with E-state index >= 15 is 0 Å². The van der Waals surface area contributed by atoms with Crippen molar-refractivity contribution >= 4 is 5.91 Å². The highest BCUT2D eigenvalue weighted by Gasteiger charge is 2.42. The Morgan fingerprint density at radius 2 is 2.08 bits per heavy atom. The van der Waals surface area contributed by atoms with Crippen LogP contribution in [0.5, 0.6) is 0 Å². The van der Waals surface area contributed by atoms with Crippen molar-refractivity contribution < 1.29 is 4.79 Å². The minimum atomic E-state index is -0.404. The summed E-state index contributed by atoms with van der Waals surface area (Å²) in [5, 5.41) is 7.17. The molecule has 2 N–H and O–H groups in total. The molecular weight excluding hydrogens is 304 g/mol. The van der Waals surface area contributed by atoms with Crippen LogP contribution in [0.4, 0.5) is 0 Å². The maximum atomic E-state index is 12.5. The first-order valence-corrected chi connectivity index (χ1v) is 8.67. The first kappa shape index (κ1) is 15.2. The van der Waals surface area contributed by atoms with E-state index in [-0.39, 0.29) is 17.8 Å². The molecule has 1 heterocycles. The van der Waals surface area contributed by atoms with E-state index in [2.05, 4.69) is 22.3 Å². The molecule has 1 aromatic heterocycles.